The van der Waals surface area contributed by atoms with Crippen LogP contribution in [-0.2, 0) is 14.3 Å². The van der Waals surface area contributed by atoms with E-state index in [1.807, 2.05) is 4.90 Å². The molecule has 1 saturated carbocycles. The van der Waals surface area contributed by atoms with Crippen LogP contribution in [0.1, 0.15) is 19.3 Å². The minimum Gasteiger partial charge on any atom is -0.468 e. The summed E-state index contributed by atoms with van der Waals surface area (Å²) in [5.74, 6) is 0.0347. The molecule has 1 aliphatic heterocycles. The van der Waals surface area contributed by atoms with Gasteiger partial charge in [0.1, 0.15) is 6.04 Å². The number of carbonyl (C=O) groups is 3. The van der Waals surface area contributed by atoms with Gasteiger partial charge in [-0.3, -0.25) is 19.8 Å². The average molecular weight is 283 g/mol. The fourth-order valence-corrected chi connectivity index (χ4v) is 3.41. The monoisotopic (exact) mass is 283 g/mol. The van der Waals surface area contributed by atoms with Crippen LogP contribution in [0.25, 0.3) is 0 Å². The minimum atomic E-state index is -0.538. The Hall–Kier alpha value is -1.63. The molecule has 7 nitrogen and oxygen atoms in total. The molecular formula is C13H21N3O4. The maximum absolute atomic E-state index is 12.0. The average Bonchev–Trinajstić information content (AvgIpc) is 2.97. The summed E-state index contributed by atoms with van der Waals surface area (Å²) in [6, 6.07) is -0.896. The highest BCUT2D eigenvalue weighted by Gasteiger charge is 2.48. The summed E-state index contributed by atoms with van der Waals surface area (Å²) in [5, 5.41) is 4.54. The number of likely N-dealkylation sites (tertiary alicyclic amines) is 1. The number of hydrogen-bond donors (Lipinski definition) is 2. The number of nitrogens with one attached hydrogen (secondary N) is 2. The molecule has 2 fully saturated rings. The van der Waals surface area contributed by atoms with E-state index in [0.717, 1.165) is 19.3 Å². The molecule has 1 aliphatic carbocycles. The Morgan fingerprint density at radius 3 is 2.70 bits per heavy atom. The molecule has 2 N–H and O–H groups in total. The van der Waals surface area contributed by atoms with Crippen molar-refractivity contribution in [1.29, 1.82) is 0 Å². The standard InChI is InChI=1S/C13H21N3O4/c1-14-13(19)15-10(17)7-16-6-8-4-3-5-9(8)11(16)12(18)20-2/h8-9,11H,3-7H2,1-2H3,(H2,14,15,17,19)/t8-,9+,11+/m0/s1. The lowest BCUT2D eigenvalue weighted by Gasteiger charge is -2.24. The zero-order valence-corrected chi connectivity index (χ0v) is 11.8. The predicted octanol–water partition coefficient (Wildman–Crippen LogP) is -0.284. The first-order valence-corrected chi connectivity index (χ1v) is 6.90. The summed E-state index contributed by atoms with van der Waals surface area (Å²) in [6.07, 6.45) is 3.21. The van der Waals surface area contributed by atoms with E-state index in [2.05, 4.69) is 10.6 Å². The molecule has 0 aromatic rings. The number of rotatable bonds is 3. The molecule has 7 heteroatoms. The Bertz CT molecular complexity index is 412. The van der Waals surface area contributed by atoms with Crippen LogP contribution in [0.3, 0.4) is 0 Å². The minimum absolute atomic E-state index is 0.0419. The molecule has 0 radical (unpaired) electrons. The van der Waals surface area contributed by atoms with Crippen LogP contribution in [0.4, 0.5) is 4.79 Å². The fourth-order valence-electron chi connectivity index (χ4n) is 3.41. The number of esters is 1. The van der Waals surface area contributed by atoms with Gasteiger partial charge in [0, 0.05) is 13.6 Å². The maximum atomic E-state index is 12.0. The molecule has 1 heterocycles. The summed E-state index contributed by atoms with van der Waals surface area (Å²) in [6.45, 7) is 0.756. The largest absolute Gasteiger partial charge is 0.468 e. The Labute approximate surface area is 118 Å². The van der Waals surface area contributed by atoms with Gasteiger partial charge in [0.05, 0.1) is 13.7 Å². The van der Waals surface area contributed by atoms with Crippen molar-refractivity contribution in [3.8, 4) is 0 Å². The molecule has 1 saturated heterocycles. The zero-order chi connectivity index (χ0) is 14.7. The molecule has 112 valence electrons. The third-order valence-corrected chi connectivity index (χ3v) is 4.26. The first-order chi connectivity index (χ1) is 9.56. The molecular weight excluding hydrogens is 262 g/mol. The normalized spacial score (nSPS) is 28.8. The van der Waals surface area contributed by atoms with Crippen LogP contribution >= 0.6 is 0 Å². The Kier molecular flexibility index (Phi) is 4.59. The van der Waals surface area contributed by atoms with Crippen molar-refractivity contribution in [2.45, 2.75) is 25.3 Å². The number of carbonyl (C=O) groups excluding carboxylic acids is 3. The number of fused-ring (bicyclic) bond motifs is 1. The Morgan fingerprint density at radius 2 is 2.05 bits per heavy atom. The SMILES string of the molecule is CNC(=O)NC(=O)CN1C[C@@H]2CCC[C@H]2[C@@H]1C(=O)OC. The molecule has 0 aromatic heterocycles. The maximum Gasteiger partial charge on any atom is 0.323 e. The lowest BCUT2D eigenvalue weighted by atomic mass is 9.94. The Morgan fingerprint density at radius 1 is 1.30 bits per heavy atom. The summed E-state index contributed by atoms with van der Waals surface area (Å²) in [4.78, 5) is 36.7. The van der Waals surface area contributed by atoms with Crippen molar-refractivity contribution in [1.82, 2.24) is 15.5 Å². The highest BCUT2D eigenvalue weighted by molar-refractivity contribution is 5.95. The molecule has 2 aliphatic rings. The quantitative estimate of drug-likeness (QED) is 0.695. The number of ether oxygens (including phenoxy) is 1. The van der Waals surface area contributed by atoms with E-state index in [1.54, 1.807) is 0 Å². The van der Waals surface area contributed by atoms with Crippen LogP contribution in [0, 0.1) is 11.8 Å². The van der Waals surface area contributed by atoms with Gasteiger partial charge in [-0.25, -0.2) is 4.79 Å². The summed E-state index contributed by atoms with van der Waals surface area (Å²) in [5.41, 5.74) is 0. The van der Waals surface area contributed by atoms with Gasteiger partial charge < -0.3 is 10.1 Å². The van der Waals surface area contributed by atoms with E-state index >= 15 is 0 Å². The first-order valence-electron chi connectivity index (χ1n) is 6.90. The van der Waals surface area contributed by atoms with Crippen LogP contribution < -0.4 is 10.6 Å². The van der Waals surface area contributed by atoms with Gasteiger partial charge in [0.2, 0.25) is 5.91 Å². The first kappa shape index (κ1) is 14.8. The lowest BCUT2D eigenvalue weighted by Crippen LogP contribution is -2.48. The van der Waals surface area contributed by atoms with Gasteiger partial charge in [-0.15, -0.1) is 0 Å². The molecule has 0 bridgehead atoms. The van der Waals surface area contributed by atoms with Crippen molar-refractivity contribution in [2.75, 3.05) is 27.2 Å². The molecule has 3 atom stereocenters. The highest BCUT2D eigenvalue weighted by atomic mass is 16.5. The third kappa shape index (κ3) is 2.92. The topological polar surface area (TPSA) is 87.7 Å². The fraction of sp³-hybridized carbons (Fsp3) is 0.769. The number of hydrogen-bond acceptors (Lipinski definition) is 5. The van der Waals surface area contributed by atoms with Gasteiger partial charge in [0.25, 0.3) is 0 Å². The summed E-state index contributed by atoms with van der Waals surface area (Å²) < 4.78 is 4.86. The van der Waals surface area contributed by atoms with Gasteiger partial charge in [0.15, 0.2) is 0 Å². The number of imide groups is 1. The van der Waals surface area contributed by atoms with Gasteiger partial charge in [-0.1, -0.05) is 6.42 Å². The molecule has 2 rings (SSSR count). The smallest absolute Gasteiger partial charge is 0.323 e. The lowest BCUT2D eigenvalue weighted by molar-refractivity contribution is -0.147. The zero-order valence-electron chi connectivity index (χ0n) is 11.8. The summed E-state index contributed by atoms with van der Waals surface area (Å²) >= 11 is 0. The number of urea groups is 1. The second-order valence-corrected chi connectivity index (χ2v) is 5.38. The number of amides is 3. The number of methoxy groups -OCH3 is 1. The van der Waals surface area contributed by atoms with Crippen LogP contribution in [0.2, 0.25) is 0 Å². The van der Waals surface area contributed by atoms with Gasteiger partial charge in [-0.05, 0) is 24.7 Å². The van der Waals surface area contributed by atoms with Crippen molar-refractivity contribution < 1.29 is 19.1 Å². The highest BCUT2D eigenvalue weighted by Crippen LogP contribution is 2.42. The van der Waals surface area contributed by atoms with E-state index in [1.165, 1.54) is 14.2 Å². The van der Waals surface area contributed by atoms with E-state index < -0.39 is 11.9 Å². The molecule has 3 amide bonds. The van der Waals surface area contributed by atoms with Gasteiger partial charge in [-0.2, -0.15) is 0 Å². The van der Waals surface area contributed by atoms with E-state index in [-0.39, 0.29) is 24.5 Å². The van der Waals surface area contributed by atoms with Crippen LogP contribution in [0.5, 0.6) is 0 Å². The van der Waals surface area contributed by atoms with Gasteiger partial charge >= 0.3 is 12.0 Å². The van der Waals surface area contributed by atoms with Crippen molar-refractivity contribution in [3.05, 3.63) is 0 Å². The van der Waals surface area contributed by atoms with E-state index in [4.69, 9.17) is 4.74 Å². The molecule has 0 aromatic carbocycles. The van der Waals surface area contributed by atoms with E-state index in [9.17, 15) is 14.4 Å². The second-order valence-electron chi connectivity index (χ2n) is 5.38. The Balaban J connectivity index is 2.00. The molecule has 20 heavy (non-hydrogen) atoms. The molecule has 0 unspecified atom stereocenters. The third-order valence-electron chi connectivity index (χ3n) is 4.26. The van der Waals surface area contributed by atoms with Crippen molar-refractivity contribution in [3.63, 3.8) is 0 Å². The van der Waals surface area contributed by atoms with E-state index in [0.29, 0.717) is 12.5 Å². The van der Waals surface area contributed by atoms with Crippen molar-refractivity contribution >= 4 is 17.9 Å². The van der Waals surface area contributed by atoms with Crippen LogP contribution in [-0.4, -0.2) is 56.1 Å². The second kappa shape index (κ2) is 6.21. The van der Waals surface area contributed by atoms with Crippen molar-refractivity contribution in [2.24, 2.45) is 11.8 Å². The molecule has 0 spiro atoms. The van der Waals surface area contributed by atoms with Crippen LogP contribution in [0.15, 0.2) is 0 Å². The number of nitrogens with zero attached hydrogens (tertiary/aromatic N) is 1. The summed E-state index contributed by atoms with van der Waals surface area (Å²) in [7, 11) is 2.81. The predicted molar refractivity (Wildman–Crippen MR) is 70.8 cm³/mol.